The second-order valence-electron chi connectivity index (χ2n) is 6.99. The zero-order chi connectivity index (χ0) is 21.3. The fourth-order valence-electron chi connectivity index (χ4n) is 3.32. The maximum Gasteiger partial charge on any atom is 0.346 e. The first-order chi connectivity index (χ1) is 14.4. The smallest absolute Gasteiger partial charge is 0.327 e. The minimum absolute atomic E-state index is 0.0300. The minimum Gasteiger partial charge on any atom is -0.327 e. The van der Waals surface area contributed by atoms with E-state index in [0.29, 0.717) is 19.4 Å². The zero-order valence-electron chi connectivity index (χ0n) is 15.9. The number of nitrogens with one attached hydrogen (secondary N) is 1. The molecule has 1 aliphatic rings. The van der Waals surface area contributed by atoms with Crippen LogP contribution in [0.15, 0.2) is 52.4 Å². The van der Waals surface area contributed by atoms with Gasteiger partial charge in [-0.1, -0.05) is 6.07 Å². The van der Waals surface area contributed by atoms with Crippen LogP contribution in [-0.2, 0) is 24.3 Å². The fraction of sp³-hybridized carbons (Fsp3) is 0.250. The monoisotopic (exact) mass is 431 g/mol. The van der Waals surface area contributed by atoms with E-state index in [4.69, 9.17) is 5.73 Å². The number of amides is 1. The van der Waals surface area contributed by atoms with Crippen LogP contribution >= 0.6 is 11.3 Å². The van der Waals surface area contributed by atoms with E-state index < -0.39 is 11.8 Å². The fourth-order valence-corrected chi connectivity index (χ4v) is 4.21. The van der Waals surface area contributed by atoms with Gasteiger partial charge in [0.25, 0.3) is 6.08 Å². The molecule has 156 valence electrons. The van der Waals surface area contributed by atoms with Gasteiger partial charge in [-0.2, -0.15) is 13.9 Å². The molecule has 0 radical (unpaired) electrons. The van der Waals surface area contributed by atoms with Crippen LogP contribution in [0.3, 0.4) is 0 Å². The summed E-state index contributed by atoms with van der Waals surface area (Å²) in [6, 6.07) is 7.91. The summed E-state index contributed by atoms with van der Waals surface area (Å²) < 4.78 is 27.9. The summed E-state index contributed by atoms with van der Waals surface area (Å²) in [5.41, 5.74) is 8.51. The lowest BCUT2D eigenvalue weighted by Gasteiger charge is -2.17. The molecule has 3 N–H and O–H groups in total. The Kier molecular flexibility index (Phi) is 5.60. The predicted octanol–water partition coefficient (Wildman–Crippen LogP) is 2.82. The summed E-state index contributed by atoms with van der Waals surface area (Å²) in [7, 11) is 0. The molecule has 3 aromatic rings. The number of anilines is 1. The Morgan fingerprint density at radius 2 is 2.03 bits per heavy atom. The van der Waals surface area contributed by atoms with Gasteiger partial charge >= 0.3 is 5.69 Å². The Morgan fingerprint density at radius 3 is 2.80 bits per heavy atom. The van der Waals surface area contributed by atoms with Gasteiger partial charge in [0, 0.05) is 29.1 Å². The van der Waals surface area contributed by atoms with Crippen LogP contribution in [0.1, 0.15) is 16.9 Å². The van der Waals surface area contributed by atoms with Crippen LogP contribution in [0.4, 0.5) is 14.5 Å². The molecule has 4 rings (SSSR count). The van der Waals surface area contributed by atoms with Crippen molar-refractivity contribution in [2.75, 3.05) is 11.9 Å². The molecule has 1 aliphatic heterocycles. The number of fused-ring (bicyclic) bond motifs is 1. The van der Waals surface area contributed by atoms with Crippen LogP contribution in [0.25, 0.3) is 11.1 Å². The van der Waals surface area contributed by atoms with Gasteiger partial charge in [0.1, 0.15) is 6.33 Å². The predicted molar refractivity (Wildman–Crippen MR) is 111 cm³/mol. The van der Waals surface area contributed by atoms with E-state index in [1.54, 1.807) is 0 Å². The molecule has 3 heterocycles. The number of aromatic nitrogens is 3. The van der Waals surface area contributed by atoms with E-state index in [2.05, 4.69) is 16.5 Å². The molecule has 0 bridgehead atoms. The molecule has 0 atom stereocenters. The number of hydrogen-bond acceptors (Lipinski definition) is 5. The normalized spacial score (nSPS) is 13.1. The number of aryl methyl sites for hydroxylation is 1. The van der Waals surface area contributed by atoms with Gasteiger partial charge < -0.3 is 11.1 Å². The summed E-state index contributed by atoms with van der Waals surface area (Å²) in [5, 5.41) is 8.79. The third kappa shape index (κ3) is 4.10. The lowest BCUT2D eigenvalue weighted by molar-refractivity contribution is -0.116. The number of halogens is 2. The average Bonchev–Trinajstić information content (AvgIpc) is 3.33. The van der Waals surface area contributed by atoms with Crippen molar-refractivity contribution in [1.82, 2.24) is 14.3 Å². The van der Waals surface area contributed by atoms with Gasteiger partial charge in [-0.3, -0.25) is 9.36 Å². The van der Waals surface area contributed by atoms with Gasteiger partial charge in [0.05, 0.1) is 13.1 Å². The molecule has 0 saturated heterocycles. The highest BCUT2D eigenvalue weighted by atomic mass is 32.1. The van der Waals surface area contributed by atoms with E-state index in [1.165, 1.54) is 22.2 Å². The maximum absolute atomic E-state index is 12.8. The second-order valence-corrected chi connectivity index (χ2v) is 7.98. The van der Waals surface area contributed by atoms with Crippen molar-refractivity contribution in [3.05, 3.63) is 68.6 Å². The first-order valence-electron chi connectivity index (χ1n) is 9.30. The van der Waals surface area contributed by atoms with Crippen molar-refractivity contribution in [2.45, 2.75) is 25.9 Å². The van der Waals surface area contributed by atoms with E-state index in [-0.39, 0.29) is 24.6 Å². The first-order valence-corrected chi connectivity index (χ1v) is 10.2. The quantitative estimate of drug-likeness (QED) is 0.628. The number of thiophene rings is 1. The Morgan fingerprint density at radius 1 is 1.20 bits per heavy atom. The Bertz CT molecular complexity index is 1190. The van der Waals surface area contributed by atoms with Crippen LogP contribution < -0.4 is 16.7 Å². The van der Waals surface area contributed by atoms with Gasteiger partial charge in [-0.25, -0.2) is 9.48 Å². The number of benzene rings is 1. The highest BCUT2D eigenvalue weighted by Gasteiger charge is 2.16. The lowest BCUT2D eigenvalue weighted by Crippen LogP contribution is -2.27. The Balaban J connectivity index is 1.51. The largest absolute Gasteiger partial charge is 0.346 e. The van der Waals surface area contributed by atoms with Crippen molar-refractivity contribution in [1.29, 1.82) is 0 Å². The molecule has 1 amide bonds. The van der Waals surface area contributed by atoms with Gasteiger partial charge in [0.15, 0.2) is 0 Å². The van der Waals surface area contributed by atoms with Crippen molar-refractivity contribution < 1.29 is 13.6 Å². The lowest BCUT2D eigenvalue weighted by atomic mass is 9.98. The van der Waals surface area contributed by atoms with E-state index >= 15 is 0 Å². The summed E-state index contributed by atoms with van der Waals surface area (Å²) >= 11 is 1.50. The van der Waals surface area contributed by atoms with E-state index in [9.17, 15) is 18.4 Å². The van der Waals surface area contributed by atoms with Gasteiger partial charge in [0.2, 0.25) is 5.91 Å². The van der Waals surface area contributed by atoms with Crippen molar-refractivity contribution in [3.8, 4) is 11.1 Å². The summed E-state index contributed by atoms with van der Waals surface area (Å²) in [6.45, 7) is -0.364. The molecule has 7 nitrogen and oxygen atoms in total. The van der Waals surface area contributed by atoms with Crippen LogP contribution in [-0.4, -0.2) is 26.8 Å². The van der Waals surface area contributed by atoms with Crippen LogP contribution in [0.2, 0.25) is 0 Å². The summed E-state index contributed by atoms with van der Waals surface area (Å²) in [6.07, 6.45) is 0.643. The van der Waals surface area contributed by atoms with Gasteiger partial charge in [-0.15, -0.1) is 11.3 Å². The SMILES string of the molecule is NCC(Cn1ncn(Cc2cc(-c3ccc4c(c3)CCC(=O)N4)cs2)c1=O)=C(F)F. The van der Waals surface area contributed by atoms with Crippen molar-refractivity contribution in [2.24, 2.45) is 5.73 Å². The van der Waals surface area contributed by atoms with Crippen molar-refractivity contribution in [3.63, 3.8) is 0 Å². The Labute approximate surface area is 174 Å². The maximum atomic E-state index is 12.8. The molecule has 0 saturated carbocycles. The second kappa shape index (κ2) is 8.33. The van der Waals surface area contributed by atoms with Crippen LogP contribution in [0, 0.1) is 0 Å². The summed E-state index contributed by atoms with van der Waals surface area (Å²) in [4.78, 5) is 24.9. The number of nitrogens with zero attached hydrogens (tertiary/aromatic N) is 3. The molecule has 2 aromatic heterocycles. The molecule has 0 aliphatic carbocycles. The molecule has 1 aromatic carbocycles. The average molecular weight is 431 g/mol. The minimum atomic E-state index is -1.88. The molecule has 30 heavy (non-hydrogen) atoms. The standard InChI is InChI=1S/C20H19F2N5O2S/c21-19(22)15(7-23)8-27-20(29)26(11-24-27)9-16-6-14(10-30-16)12-1-3-17-13(5-12)2-4-18(28)25-17/h1,3,5-6,10-11H,2,4,7-9,23H2,(H,25,28). The highest BCUT2D eigenvalue weighted by Crippen LogP contribution is 2.31. The summed E-state index contributed by atoms with van der Waals surface area (Å²) in [5.74, 6) is 0.0300. The number of nitrogens with two attached hydrogens (primary N) is 1. The van der Waals surface area contributed by atoms with Gasteiger partial charge in [-0.05, 0) is 46.7 Å². The molecule has 10 heteroatoms. The number of carbonyl (C=O) groups excluding carboxylic acids is 1. The Hall–Kier alpha value is -3.11. The zero-order valence-corrected chi connectivity index (χ0v) is 16.7. The third-order valence-corrected chi connectivity index (χ3v) is 5.89. The number of rotatable bonds is 6. The number of carbonyl (C=O) groups is 1. The third-order valence-electron chi connectivity index (χ3n) is 4.97. The topological polar surface area (TPSA) is 94.9 Å². The van der Waals surface area contributed by atoms with E-state index in [1.807, 2.05) is 23.6 Å². The first kappa shape index (κ1) is 20.2. The van der Waals surface area contributed by atoms with Crippen LogP contribution in [0.5, 0.6) is 0 Å². The molecule has 0 fully saturated rings. The highest BCUT2D eigenvalue weighted by molar-refractivity contribution is 7.10. The molecular formula is C20H19F2N5O2S. The van der Waals surface area contributed by atoms with Crippen molar-refractivity contribution >= 4 is 22.9 Å². The molecule has 0 spiro atoms. The van der Waals surface area contributed by atoms with E-state index in [0.717, 1.165) is 31.9 Å². The molecule has 0 unspecified atom stereocenters. The number of hydrogen-bond donors (Lipinski definition) is 2. The molecular weight excluding hydrogens is 412 g/mol.